The van der Waals surface area contributed by atoms with E-state index in [1.807, 2.05) is 55.4 Å². The Bertz CT molecular complexity index is 681. The zero-order chi connectivity index (χ0) is 29.2. The minimum absolute atomic E-state index is 0.117. The molecule has 0 saturated carbocycles. The Kier molecular flexibility index (Phi) is 17.7. The Balaban J connectivity index is 4.90. The Morgan fingerprint density at radius 3 is 2.11 bits per heavy atom. The number of nitrogens with one attached hydrogen (secondary N) is 3. The van der Waals surface area contributed by atoms with Gasteiger partial charge in [0.05, 0.1) is 23.9 Å². The van der Waals surface area contributed by atoms with Crippen LogP contribution in [0.3, 0.4) is 0 Å². The van der Waals surface area contributed by atoms with Crippen LogP contribution in [0.4, 0.5) is 0 Å². The molecule has 0 bridgehead atoms. The second-order valence-corrected chi connectivity index (χ2v) is 11.9. The summed E-state index contributed by atoms with van der Waals surface area (Å²) in [6, 6.07) is -0.708. The summed E-state index contributed by atoms with van der Waals surface area (Å²) in [6.07, 6.45) is 4.62. The van der Waals surface area contributed by atoms with E-state index < -0.39 is 17.2 Å². The van der Waals surface area contributed by atoms with Gasteiger partial charge in [-0.1, -0.05) is 0 Å². The maximum absolute atomic E-state index is 13.1. The predicted octanol–water partition coefficient (Wildman–Crippen LogP) is 3.11. The van der Waals surface area contributed by atoms with Crippen molar-refractivity contribution in [3.8, 4) is 0 Å². The number of carbonyl (C=O) groups is 3. The van der Waals surface area contributed by atoms with E-state index in [0.717, 1.165) is 6.42 Å². The van der Waals surface area contributed by atoms with Crippen LogP contribution in [0, 0.1) is 0 Å². The molecule has 0 aliphatic heterocycles. The monoisotopic (exact) mass is 545 g/mol. The first-order valence-electron chi connectivity index (χ1n) is 13.8. The highest BCUT2D eigenvalue weighted by Gasteiger charge is 2.28. The maximum atomic E-state index is 13.1. The molecule has 0 aromatic rings. The lowest BCUT2D eigenvalue weighted by Gasteiger charge is -2.30. The molecule has 0 radical (unpaired) electrons. The summed E-state index contributed by atoms with van der Waals surface area (Å²) in [6.45, 7) is 17.7. The molecule has 0 aromatic heterocycles. The largest absolute Gasteiger partial charge is 0.385 e. The van der Waals surface area contributed by atoms with Crippen LogP contribution >= 0.6 is 0 Å². The van der Waals surface area contributed by atoms with Gasteiger partial charge in [0.2, 0.25) is 18.2 Å². The topological polar surface area (TPSA) is 124 Å². The van der Waals surface area contributed by atoms with Crippen LogP contribution in [-0.4, -0.2) is 87.2 Å². The lowest BCUT2D eigenvalue weighted by atomic mass is 9.99. The Hall–Kier alpha value is -1.75. The third kappa shape index (κ3) is 19.3. The van der Waals surface area contributed by atoms with Crippen molar-refractivity contribution in [1.82, 2.24) is 16.0 Å². The molecular weight excluding hydrogens is 490 g/mol. The van der Waals surface area contributed by atoms with E-state index in [4.69, 9.17) is 18.9 Å². The first-order chi connectivity index (χ1) is 17.6. The Morgan fingerprint density at radius 2 is 1.50 bits per heavy atom. The second-order valence-electron chi connectivity index (χ2n) is 11.9. The van der Waals surface area contributed by atoms with Crippen molar-refractivity contribution >= 4 is 18.2 Å². The van der Waals surface area contributed by atoms with Crippen molar-refractivity contribution in [3.05, 3.63) is 0 Å². The van der Waals surface area contributed by atoms with E-state index >= 15 is 0 Å². The lowest BCUT2D eigenvalue weighted by Crippen LogP contribution is -2.54. The first-order valence-corrected chi connectivity index (χ1v) is 13.8. The lowest BCUT2D eigenvalue weighted by molar-refractivity contribution is -0.137. The van der Waals surface area contributed by atoms with Crippen LogP contribution in [0.5, 0.6) is 0 Å². The molecular formula is C28H55N3O7. The van der Waals surface area contributed by atoms with Crippen LogP contribution in [0.25, 0.3) is 0 Å². The number of carbonyl (C=O) groups excluding carboxylic acids is 3. The summed E-state index contributed by atoms with van der Waals surface area (Å²) in [5.74, 6) is -0.603. The molecule has 1 atom stereocenters. The van der Waals surface area contributed by atoms with Gasteiger partial charge in [-0.25, -0.2) is 0 Å². The fourth-order valence-electron chi connectivity index (χ4n) is 3.50. The normalized spacial score (nSPS) is 13.3. The standard InChI is InChI=1S/C28H55N3O7/c1-22(2)36-18-13-26(3,4)31-25(34)23(12-10-11-16-29-21-32)30-24(33)20-38-28(7,8)15-19-37-27(5,6)14-17-35-9/h21-23H,10-20H2,1-9H3,(H,29,32)(H,30,33)(H,31,34). The minimum Gasteiger partial charge on any atom is -0.385 e. The number of methoxy groups -OCH3 is 1. The van der Waals surface area contributed by atoms with Crippen LogP contribution in [0.1, 0.15) is 93.9 Å². The third-order valence-electron chi connectivity index (χ3n) is 6.14. The second kappa shape index (κ2) is 18.5. The molecule has 0 fully saturated rings. The molecule has 224 valence electrons. The summed E-state index contributed by atoms with van der Waals surface area (Å²) in [5, 5.41) is 8.50. The summed E-state index contributed by atoms with van der Waals surface area (Å²) >= 11 is 0. The summed E-state index contributed by atoms with van der Waals surface area (Å²) in [4.78, 5) is 36.4. The molecule has 38 heavy (non-hydrogen) atoms. The average Bonchev–Trinajstić information content (AvgIpc) is 2.79. The molecule has 3 amide bonds. The number of hydrogen-bond acceptors (Lipinski definition) is 7. The van der Waals surface area contributed by atoms with Gasteiger partial charge in [-0.2, -0.15) is 0 Å². The highest BCUT2D eigenvalue weighted by molar-refractivity contribution is 5.88. The maximum Gasteiger partial charge on any atom is 0.246 e. The van der Waals surface area contributed by atoms with Gasteiger partial charge in [0.25, 0.3) is 0 Å². The number of rotatable bonds is 23. The zero-order valence-electron chi connectivity index (χ0n) is 25.4. The molecule has 3 N–H and O–H groups in total. The molecule has 10 nitrogen and oxygen atoms in total. The van der Waals surface area contributed by atoms with E-state index in [0.29, 0.717) is 64.9 Å². The van der Waals surface area contributed by atoms with Crippen LogP contribution in [0.2, 0.25) is 0 Å². The first kappa shape index (κ1) is 36.2. The SMILES string of the molecule is COCCC(C)(C)OCCC(C)(C)OCC(=O)NC(CCCCNC=O)C(=O)NC(C)(C)CCOC(C)C. The van der Waals surface area contributed by atoms with Crippen molar-refractivity contribution in [1.29, 1.82) is 0 Å². The molecule has 0 heterocycles. The van der Waals surface area contributed by atoms with E-state index in [2.05, 4.69) is 16.0 Å². The summed E-state index contributed by atoms with van der Waals surface area (Å²) in [7, 11) is 1.67. The molecule has 1 unspecified atom stereocenters. The molecule has 0 aromatic carbocycles. The van der Waals surface area contributed by atoms with Crippen molar-refractivity contribution in [2.24, 2.45) is 0 Å². The van der Waals surface area contributed by atoms with Gasteiger partial charge in [0, 0.05) is 32.4 Å². The van der Waals surface area contributed by atoms with E-state index in [-0.39, 0.29) is 30.1 Å². The molecule has 0 rings (SSSR count). The predicted molar refractivity (Wildman–Crippen MR) is 149 cm³/mol. The van der Waals surface area contributed by atoms with Crippen LogP contribution in [-0.2, 0) is 33.3 Å². The highest BCUT2D eigenvalue weighted by atomic mass is 16.5. The highest BCUT2D eigenvalue weighted by Crippen LogP contribution is 2.19. The number of ether oxygens (including phenoxy) is 4. The van der Waals surface area contributed by atoms with E-state index in [9.17, 15) is 14.4 Å². The number of amides is 3. The quantitative estimate of drug-likeness (QED) is 0.133. The van der Waals surface area contributed by atoms with E-state index in [1.165, 1.54) is 0 Å². The molecule has 0 aliphatic carbocycles. The molecule has 10 heteroatoms. The van der Waals surface area contributed by atoms with Gasteiger partial charge >= 0.3 is 0 Å². The van der Waals surface area contributed by atoms with Gasteiger partial charge in [-0.3, -0.25) is 14.4 Å². The Morgan fingerprint density at radius 1 is 0.868 bits per heavy atom. The van der Waals surface area contributed by atoms with Gasteiger partial charge in [0.15, 0.2) is 0 Å². The fraction of sp³-hybridized carbons (Fsp3) is 0.893. The van der Waals surface area contributed by atoms with Gasteiger partial charge < -0.3 is 34.9 Å². The van der Waals surface area contributed by atoms with E-state index in [1.54, 1.807) is 7.11 Å². The van der Waals surface area contributed by atoms with Gasteiger partial charge in [-0.05, 0) is 93.9 Å². The number of hydrogen-bond donors (Lipinski definition) is 3. The van der Waals surface area contributed by atoms with Crippen molar-refractivity contribution in [2.75, 3.05) is 40.1 Å². The molecule has 0 spiro atoms. The summed E-state index contributed by atoms with van der Waals surface area (Å²) < 4.78 is 22.6. The van der Waals surface area contributed by atoms with Crippen molar-refractivity contribution in [2.45, 2.75) is 123 Å². The molecule has 0 aliphatic rings. The zero-order valence-corrected chi connectivity index (χ0v) is 25.4. The third-order valence-corrected chi connectivity index (χ3v) is 6.14. The van der Waals surface area contributed by atoms with Crippen LogP contribution in [0.15, 0.2) is 0 Å². The van der Waals surface area contributed by atoms with Gasteiger partial charge in [-0.15, -0.1) is 0 Å². The number of unbranched alkanes of at least 4 members (excludes halogenated alkanes) is 1. The summed E-state index contributed by atoms with van der Waals surface area (Å²) in [5.41, 5.74) is -1.38. The Labute approximate surface area is 230 Å². The fourth-order valence-corrected chi connectivity index (χ4v) is 3.50. The smallest absolute Gasteiger partial charge is 0.246 e. The van der Waals surface area contributed by atoms with Crippen molar-refractivity contribution in [3.63, 3.8) is 0 Å². The molecule has 0 saturated heterocycles. The average molecular weight is 546 g/mol. The van der Waals surface area contributed by atoms with Crippen molar-refractivity contribution < 1.29 is 33.3 Å². The minimum atomic E-state index is -0.708. The van der Waals surface area contributed by atoms with Crippen LogP contribution < -0.4 is 16.0 Å². The van der Waals surface area contributed by atoms with Gasteiger partial charge in [0.1, 0.15) is 12.6 Å².